The van der Waals surface area contributed by atoms with E-state index >= 15 is 0 Å². The summed E-state index contributed by atoms with van der Waals surface area (Å²) in [6.45, 7) is 6.29. The van der Waals surface area contributed by atoms with E-state index in [0.717, 1.165) is 11.1 Å². The van der Waals surface area contributed by atoms with Gasteiger partial charge in [-0.2, -0.15) is 0 Å². The highest BCUT2D eigenvalue weighted by Gasteiger charge is 2.23. The molecule has 22 heavy (non-hydrogen) atoms. The van der Waals surface area contributed by atoms with Gasteiger partial charge in [-0.05, 0) is 25.5 Å². The summed E-state index contributed by atoms with van der Waals surface area (Å²) >= 11 is 0. The highest BCUT2D eigenvalue weighted by Crippen LogP contribution is 2.08. The zero-order valence-electron chi connectivity index (χ0n) is 13.1. The number of ether oxygens (including phenoxy) is 1. The van der Waals surface area contributed by atoms with Crippen LogP contribution >= 0.6 is 0 Å². The van der Waals surface area contributed by atoms with Crippen LogP contribution in [0, 0.1) is 6.92 Å². The normalized spacial score (nSPS) is 15.2. The topological polar surface area (TPSA) is 49.9 Å². The highest BCUT2D eigenvalue weighted by atomic mass is 16.6. The van der Waals surface area contributed by atoms with Crippen LogP contribution in [0.1, 0.15) is 18.1 Å². The number of hydrogen-bond donors (Lipinski definition) is 0. The molecule has 5 nitrogen and oxygen atoms in total. The van der Waals surface area contributed by atoms with Crippen molar-refractivity contribution in [2.75, 3.05) is 32.8 Å². The molecule has 2 amide bonds. The number of nitrogens with zero attached hydrogens (tertiary/aromatic N) is 2. The van der Waals surface area contributed by atoms with Crippen molar-refractivity contribution >= 4 is 18.1 Å². The molecule has 118 valence electrons. The lowest BCUT2D eigenvalue weighted by Crippen LogP contribution is -2.50. The summed E-state index contributed by atoms with van der Waals surface area (Å²) in [5, 5.41) is 0. The molecule has 2 rings (SSSR count). The van der Waals surface area contributed by atoms with Gasteiger partial charge in [0.15, 0.2) is 0 Å². The van der Waals surface area contributed by atoms with Crippen molar-refractivity contribution in [1.29, 1.82) is 0 Å². The maximum Gasteiger partial charge on any atom is 0.409 e. The molecule has 1 fully saturated rings. The van der Waals surface area contributed by atoms with E-state index in [1.807, 2.05) is 37.3 Å². The van der Waals surface area contributed by atoms with E-state index in [1.165, 1.54) is 0 Å². The van der Waals surface area contributed by atoms with Gasteiger partial charge < -0.3 is 14.5 Å². The molecule has 0 bridgehead atoms. The fourth-order valence-corrected chi connectivity index (χ4v) is 2.37. The number of rotatable bonds is 3. The summed E-state index contributed by atoms with van der Waals surface area (Å²) in [5.74, 6) is -0.0231. The molecule has 0 radical (unpaired) electrons. The Bertz CT molecular complexity index is 561. The molecule has 1 saturated heterocycles. The van der Waals surface area contributed by atoms with Crippen molar-refractivity contribution in [1.82, 2.24) is 9.80 Å². The Morgan fingerprint density at radius 1 is 1.18 bits per heavy atom. The molecule has 1 heterocycles. The van der Waals surface area contributed by atoms with Gasteiger partial charge in [-0.15, -0.1) is 0 Å². The second-order valence-electron chi connectivity index (χ2n) is 5.26. The second-order valence-corrected chi connectivity index (χ2v) is 5.26. The number of carbonyl (C=O) groups excluding carboxylic acids is 2. The van der Waals surface area contributed by atoms with Gasteiger partial charge in [-0.25, -0.2) is 4.79 Å². The Morgan fingerprint density at radius 3 is 2.50 bits per heavy atom. The quantitative estimate of drug-likeness (QED) is 0.805. The Hall–Kier alpha value is -2.30. The molecule has 1 aromatic carbocycles. The van der Waals surface area contributed by atoms with Gasteiger partial charge in [-0.1, -0.05) is 29.8 Å². The first-order valence-electron chi connectivity index (χ1n) is 7.55. The molecule has 0 spiro atoms. The first-order chi connectivity index (χ1) is 10.6. The zero-order chi connectivity index (χ0) is 15.9. The molecule has 0 saturated carbocycles. The van der Waals surface area contributed by atoms with Crippen LogP contribution in [0.3, 0.4) is 0 Å². The lowest BCUT2D eigenvalue weighted by molar-refractivity contribution is -0.127. The summed E-state index contributed by atoms with van der Waals surface area (Å²) < 4.78 is 4.96. The smallest absolute Gasteiger partial charge is 0.409 e. The molecule has 0 atom stereocenters. The minimum absolute atomic E-state index is 0.0231. The van der Waals surface area contributed by atoms with E-state index < -0.39 is 0 Å². The number of benzene rings is 1. The maximum absolute atomic E-state index is 12.2. The molecular formula is C17H22N2O3. The van der Waals surface area contributed by atoms with E-state index in [4.69, 9.17) is 4.74 Å². The third-order valence-corrected chi connectivity index (χ3v) is 3.58. The molecule has 0 unspecified atom stereocenters. The van der Waals surface area contributed by atoms with Crippen LogP contribution in [0.25, 0.3) is 6.08 Å². The van der Waals surface area contributed by atoms with Crippen LogP contribution in [-0.2, 0) is 9.53 Å². The third-order valence-electron chi connectivity index (χ3n) is 3.58. The standard InChI is InChI=1S/C17H22N2O3/c1-3-22-17(21)19-11-9-18(10-12-19)16(20)8-7-15-6-4-5-14(2)13-15/h4-8,13H,3,9-12H2,1-2H3. The fourth-order valence-electron chi connectivity index (χ4n) is 2.37. The number of piperazine rings is 1. The number of hydrogen-bond acceptors (Lipinski definition) is 3. The summed E-state index contributed by atoms with van der Waals surface area (Å²) in [6, 6.07) is 7.99. The lowest BCUT2D eigenvalue weighted by Gasteiger charge is -2.33. The molecule has 0 aromatic heterocycles. The first kappa shape index (κ1) is 16.1. The van der Waals surface area contributed by atoms with Crippen molar-refractivity contribution in [3.05, 3.63) is 41.5 Å². The lowest BCUT2D eigenvalue weighted by atomic mass is 10.1. The van der Waals surface area contributed by atoms with Gasteiger partial charge >= 0.3 is 6.09 Å². The van der Waals surface area contributed by atoms with Crippen LogP contribution in [-0.4, -0.2) is 54.6 Å². The monoisotopic (exact) mass is 302 g/mol. The van der Waals surface area contributed by atoms with Gasteiger partial charge in [0.25, 0.3) is 0 Å². The molecule has 1 aromatic rings. The predicted octanol–water partition coefficient (Wildman–Crippen LogP) is 2.31. The maximum atomic E-state index is 12.2. The second kappa shape index (κ2) is 7.64. The molecule has 0 aliphatic carbocycles. The number of amides is 2. The van der Waals surface area contributed by atoms with Gasteiger partial charge in [0, 0.05) is 32.3 Å². The highest BCUT2D eigenvalue weighted by molar-refractivity contribution is 5.92. The Labute approximate surface area is 131 Å². The Morgan fingerprint density at radius 2 is 1.86 bits per heavy atom. The van der Waals surface area contributed by atoms with Crippen LogP contribution in [0.2, 0.25) is 0 Å². The molecule has 1 aliphatic heterocycles. The zero-order valence-corrected chi connectivity index (χ0v) is 13.1. The summed E-state index contributed by atoms with van der Waals surface area (Å²) in [4.78, 5) is 27.2. The Balaban J connectivity index is 1.86. The van der Waals surface area contributed by atoms with Crippen LogP contribution < -0.4 is 0 Å². The van der Waals surface area contributed by atoms with Gasteiger partial charge in [-0.3, -0.25) is 4.79 Å². The minimum atomic E-state index is -0.301. The van der Waals surface area contributed by atoms with Crippen molar-refractivity contribution < 1.29 is 14.3 Å². The average molecular weight is 302 g/mol. The van der Waals surface area contributed by atoms with Crippen molar-refractivity contribution in [2.24, 2.45) is 0 Å². The van der Waals surface area contributed by atoms with E-state index in [2.05, 4.69) is 0 Å². The van der Waals surface area contributed by atoms with E-state index in [9.17, 15) is 9.59 Å². The van der Waals surface area contributed by atoms with Crippen molar-refractivity contribution in [2.45, 2.75) is 13.8 Å². The van der Waals surface area contributed by atoms with Gasteiger partial charge in [0.2, 0.25) is 5.91 Å². The average Bonchev–Trinajstić information content (AvgIpc) is 2.53. The first-order valence-corrected chi connectivity index (χ1v) is 7.55. The van der Waals surface area contributed by atoms with Gasteiger partial charge in [0.05, 0.1) is 6.61 Å². The van der Waals surface area contributed by atoms with E-state index in [0.29, 0.717) is 32.8 Å². The molecule has 5 heteroatoms. The predicted molar refractivity (Wildman–Crippen MR) is 85.4 cm³/mol. The number of carbonyl (C=O) groups is 2. The molecular weight excluding hydrogens is 280 g/mol. The molecule has 1 aliphatic rings. The summed E-state index contributed by atoms with van der Waals surface area (Å²) in [5.41, 5.74) is 2.18. The van der Waals surface area contributed by atoms with E-state index in [1.54, 1.807) is 22.8 Å². The summed E-state index contributed by atoms with van der Waals surface area (Å²) in [7, 11) is 0. The van der Waals surface area contributed by atoms with Crippen LogP contribution in [0.5, 0.6) is 0 Å². The van der Waals surface area contributed by atoms with Gasteiger partial charge in [0.1, 0.15) is 0 Å². The summed E-state index contributed by atoms with van der Waals surface area (Å²) in [6.07, 6.45) is 3.12. The third kappa shape index (κ3) is 4.35. The fraction of sp³-hybridized carbons (Fsp3) is 0.412. The van der Waals surface area contributed by atoms with Crippen LogP contribution in [0.4, 0.5) is 4.79 Å². The van der Waals surface area contributed by atoms with Crippen molar-refractivity contribution in [3.8, 4) is 0 Å². The van der Waals surface area contributed by atoms with Crippen molar-refractivity contribution in [3.63, 3.8) is 0 Å². The van der Waals surface area contributed by atoms with Crippen LogP contribution in [0.15, 0.2) is 30.3 Å². The number of aryl methyl sites for hydroxylation is 1. The van der Waals surface area contributed by atoms with E-state index in [-0.39, 0.29) is 12.0 Å². The molecule has 0 N–H and O–H groups in total. The minimum Gasteiger partial charge on any atom is -0.450 e. The largest absolute Gasteiger partial charge is 0.450 e. The SMILES string of the molecule is CCOC(=O)N1CCN(C(=O)C=Cc2cccc(C)c2)CC1. The Kier molecular flexibility index (Phi) is 5.58.